The molecule has 0 unspecified atom stereocenters. The van der Waals surface area contributed by atoms with Crippen molar-refractivity contribution in [2.75, 3.05) is 26.3 Å². The molecule has 0 radical (unpaired) electrons. The number of ether oxygens (including phenoxy) is 1. The summed E-state index contributed by atoms with van der Waals surface area (Å²) in [4.78, 5) is 2.27. The first-order valence-corrected chi connectivity index (χ1v) is 6.20. The Hall–Kier alpha value is -1.88. The van der Waals surface area contributed by atoms with E-state index in [2.05, 4.69) is 27.5 Å². The molecule has 18 heavy (non-hydrogen) atoms. The van der Waals surface area contributed by atoms with Crippen LogP contribution in [0, 0.1) is 0 Å². The predicted octanol–water partition coefficient (Wildman–Crippen LogP) is 1.28. The Morgan fingerprint density at radius 2 is 2.06 bits per heavy atom. The summed E-state index contributed by atoms with van der Waals surface area (Å²) in [5.41, 5.74) is 2.02. The molecule has 1 saturated heterocycles. The van der Waals surface area contributed by atoms with E-state index in [-0.39, 0.29) is 0 Å². The third-order valence-electron chi connectivity index (χ3n) is 3.06. The Balaban J connectivity index is 1.67. The molecule has 1 aromatic carbocycles. The van der Waals surface area contributed by atoms with Crippen LogP contribution in [0.4, 0.5) is 0 Å². The summed E-state index contributed by atoms with van der Waals surface area (Å²) in [7, 11) is 0. The van der Waals surface area contributed by atoms with Crippen LogP contribution >= 0.6 is 0 Å². The van der Waals surface area contributed by atoms with E-state index in [1.165, 1.54) is 0 Å². The van der Waals surface area contributed by atoms with Gasteiger partial charge in [0.25, 0.3) is 0 Å². The maximum absolute atomic E-state index is 5.31. The quantitative estimate of drug-likeness (QED) is 0.815. The van der Waals surface area contributed by atoms with E-state index in [1.807, 2.05) is 28.9 Å². The molecule has 5 heteroatoms. The maximum atomic E-state index is 5.31. The molecule has 0 N–H and O–H groups in total. The molecule has 1 fully saturated rings. The summed E-state index contributed by atoms with van der Waals surface area (Å²) in [5, 5.41) is 8.28. The Bertz CT molecular complexity index is 543. The second-order valence-corrected chi connectivity index (χ2v) is 4.29. The summed E-state index contributed by atoms with van der Waals surface area (Å²) in [5.74, 6) is 0. The molecule has 94 valence electrons. The minimum absolute atomic E-state index is 0.748. The van der Waals surface area contributed by atoms with Gasteiger partial charge in [0.15, 0.2) is 0 Å². The van der Waals surface area contributed by atoms with Gasteiger partial charge in [-0.1, -0.05) is 17.3 Å². The number of para-hydroxylation sites is 1. The fourth-order valence-corrected chi connectivity index (χ4v) is 2.07. The first kappa shape index (κ1) is 11.2. The minimum atomic E-state index is 0.748. The second-order valence-electron chi connectivity index (χ2n) is 4.29. The first-order valence-electron chi connectivity index (χ1n) is 6.20. The van der Waals surface area contributed by atoms with Gasteiger partial charge in [-0.15, -0.1) is 5.10 Å². The van der Waals surface area contributed by atoms with Gasteiger partial charge in [-0.25, -0.2) is 4.68 Å². The predicted molar refractivity (Wildman–Crippen MR) is 69.1 cm³/mol. The number of hydrogen-bond donors (Lipinski definition) is 0. The van der Waals surface area contributed by atoms with Crippen molar-refractivity contribution in [3.8, 4) is 0 Å². The summed E-state index contributed by atoms with van der Waals surface area (Å²) < 4.78 is 7.22. The number of nitrogens with zero attached hydrogens (tertiary/aromatic N) is 4. The van der Waals surface area contributed by atoms with Crippen LogP contribution in [0.2, 0.25) is 0 Å². The summed E-state index contributed by atoms with van der Waals surface area (Å²) in [6, 6.07) is 8.00. The van der Waals surface area contributed by atoms with Crippen LogP contribution in [0.15, 0.2) is 36.5 Å². The Morgan fingerprint density at radius 1 is 1.22 bits per heavy atom. The highest BCUT2D eigenvalue weighted by Crippen LogP contribution is 2.09. The van der Waals surface area contributed by atoms with Crippen molar-refractivity contribution < 1.29 is 4.74 Å². The van der Waals surface area contributed by atoms with Gasteiger partial charge < -0.3 is 9.64 Å². The highest BCUT2D eigenvalue weighted by atomic mass is 16.5. The molecule has 1 aliphatic heterocycles. The maximum Gasteiger partial charge on any atom is 0.113 e. The first-order chi connectivity index (χ1) is 8.93. The normalized spacial score (nSPS) is 16.8. The lowest BCUT2D eigenvalue weighted by Crippen LogP contribution is -2.32. The molecule has 2 heterocycles. The Morgan fingerprint density at radius 3 is 2.94 bits per heavy atom. The molecule has 0 aliphatic carbocycles. The zero-order valence-corrected chi connectivity index (χ0v) is 10.2. The van der Waals surface area contributed by atoms with Crippen LogP contribution < -0.4 is 0 Å². The van der Waals surface area contributed by atoms with Gasteiger partial charge in [0, 0.05) is 13.1 Å². The molecular formula is C13H16N4O. The number of allylic oxidation sites excluding steroid dienone is 1. The molecule has 0 spiro atoms. The highest BCUT2D eigenvalue weighted by Gasteiger charge is 2.05. The zero-order chi connectivity index (χ0) is 12.2. The number of morpholine rings is 1. The van der Waals surface area contributed by atoms with Crippen LogP contribution in [0.25, 0.3) is 11.0 Å². The number of benzene rings is 1. The van der Waals surface area contributed by atoms with E-state index in [9.17, 15) is 0 Å². The van der Waals surface area contributed by atoms with Crippen molar-refractivity contribution in [3.05, 3.63) is 36.5 Å². The fraction of sp³-hybridized carbons (Fsp3) is 0.385. The smallest absolute Gasteiger partial charge is 0.113 e. The largest absolute Gasteiger partial charge is 0.378 e. The molecule has 0 bridgehead atoms. The molecule has 1 aliphatic rings. The monoisotopic (exact) mass is 244 g/mol. The molecule has 0 amide bonds. The topological polar surface area (TPSA) is 43.2 Å². The molecule has 3 rings (SSSR count). The van der Waals surface area contributed by atoms with E-state index < -0.39 is 0 Å². The van der Waals surface area contributed by atoms with Crippen LogP contribution in [0.3, 0.4) is 0 Å². The van der Waals surface area contributed by atoms with E-state index in [0.717, 1.165) is 43.9 Å². The average Bonchev–Trinajstić information content (AvgIpc) is 2.84. The van der Waals surface area contributed by atoms with Gasteiger partial charge in [-0.05, 0) is 24.4 Å². The summed E-state index contributed by atoms with van der Waals surface area (Å²) in [6.45, 7) is 4.31. The van der Waals surface area contributed by atoms with E-state index >= 15 is 0 Å². The number of hydrogen-bond acceptors (Lipinski definition) is 4. The molecule has 0 saturated carbocycles. The molecule has 0 atom stereocenters. The molecule has 2 aromatic rings. The SMILES string of the molecule is C(=C\N1CCOCC1)/Cn1nnc2ccccc21. The standard InChI is InChI=1S/C13H16N4O/c1-2-5-13-12(4-1)14-15-17(13)7-3-6-16-8-10-18-11-9-16/h1-6H,7-11H2/b6-3+. The number of rotatable bonds is 3. The summed E-state index contributed by atoms with van der Waals surface area (Å²) >= 11 is 0. The third kappa shape index (κ3) is 2.36. The number of fused-ring (bicyclic) bond motifs is 1. The van der Waals surface area contributed by atoms with Gasteiger partial charge in [0.05, 0.1) is 25.3 Å². The van der Waals surface area contributed by atoms with Crippen LogP contribution in [0.1, 0.15) is 0 Å². The van der Waals surface area contributed by atoms with Gasteiger partial charge in [-0.3, -0.25) is 0 Å². The van der Waals surface area contributed by atoms with Crippen LogP contribution in [-0.2, 0) is 11.3 Å². The molecular weight excluding hydrogens is 228 g/mol. The number of aromatic nitrogens is 3. The van der Waals surface area contributed by atoms with E-state index in [0.29, 0.717) is 0 Å². The zero-order valence-electron chi connectivity index (χ0n) is 10.2. The fourth-order valence-electron chi connectivity index (χ4n) is 2.07. The minimum Gasteiger partial charge on any atom is -0.378 e. The van der Waals surface area contributed by atoms with Gasteiger partial charge in [-0.2, -0.15) is 0 Å². The van der Waals surface area contributed by atoms with Crippen molar-refractivity contribution in [2.24, 2.45) is 0 Å². The molecule has 5 nitrogen and oxygen atoms in total. The van der Waals surface area contributed by atoms with Gasteiger partial charge in [0.1, 0.15) is 5.52 Å². The van der Waals surface area contributed by atoms with E-state index in [1.54, 1.807) is 0 Å². The van der Waals surface area contributed by atoms with Crippen molar-refractivity contribution in [2.45, 2.75) is 6.54 Å². The van der Waals surface area contributed by atoms with Gasteiger partial charge >= 0.3 is 0 Å². The third-order valence-corrected chi connectivity index (χ3v) is 3.06. The lowest BCUT2D eigenvalue weighted by molar-refractivity contribution is 0.0592. The van der Waals surface area contributed by atoms with Gasteiger partial charge in [0.2, 0.25) is 0 Å². The van der Waals surface area contributed by atoms with Crippen molar-refractivity contribution in [1.82, 2.24) is 19.9 Å². The van der Waals surface area contributed by atoms with Crippen molar-refractivity contribution >= 4 is 11.0 Å². The molecule has 1 aromatic heterocycles. The van der Waals surface area contributed by atoms with Crippen LogP contribution in [-0.4, -0.2) is 46.2 Å². The van der Waals surface area contributed by atoms with Crippen molar-refractivity contribution in [1.29, 1.82) is 0 Å². The lowest BCUT2D eigenvalue weighted by atomic mass is 10.3. The lowest BCUT2D eigenvalue weighted by Gasteiger charge is -2.24. The Labute approximate surface area is 106 Å². The summed E-state index contributed by atoms with van der Waals surface area (Å²) in [6.07, 6.45) is 4.24. The van der Waals surface area contributed by atoms with Crippen LogP contribution in [0.5, 0.6) is 0 Å². The Kier molecular flexibility index (Phi) is 3.23. The average molecular weight is 244 g/mol. The van der Waals surface area contributed by atoms with E-state index in [4.69, 9.17) is 4.74 Å². The van der Waals surface area contributed by atoms with Crippen molar-refractivity contribution in [3.63, 3.8) is 0 Å². The second kappa shape index (κ2) is 5.18. The highest BCUT2D eigenvalue weighted by molar-refractivity contribution is 5.73.